The van der Waals surface area contributed by atoms with Gasteiger partial charge in [0.2, 0.25) is 0 Å². The fourth-order valence-electron chi connectivity index (χ4n) is 1.76. The molecule has 0 saturated heterocycles. The van der Waals surface area contributed by atoms with E-state index in [9.17, 15) is 5.11 Å². The summed E-state index contributed by atoms with van der Waals surface area (Å²) in [5.74, 6) is 0. The molecule has 0 aliphatic carbocycles. The van der Waals surface area contributed by atoms with Gasteiger partial charge in [0.1, 0.15) is 0 Å². The molecule has 0 saturated carbocycles. The van der Waals surface area contributed by atoms with Gasteiger partial charge in [0.15, 0.2) is 0 Å². The molecule has 4 N–H and O–H groups in total. The van der Waals surface area contributed by atoms with Crippen molar-refractivity contribution in [2.75, 3.05) is 17.7 Å². The number of nitrogens with two attached hydrogens (primary N) is 1. The molecule has 1 unspecified atom stereocenters. The van der Waals surface area contributed by atoms with Crippen LogP contribution in [-0.2, 0) is 0 Å². The van der Waals surface area contributed by atoms with Gasteiger partial charge < -0.3 is 16.2 Å². The SMILES string of the molecule is Nc1ccc(NC(CO)c2ccccc2)c(Br)c1. The summed E-state index contributed by atoms with van der Waals surface area (Å²) in [5, 5.41) is 12.8. The maximum absolute atomic E-state index is 9.48. The minimum atomic E-state index is -0.133. The number of anilines is 2. The zero-order valence-electron chi connectivity index (χ0n) is 9.81. The molecule has 2 aromatic rings. The third-order valence-electron chi connectivity index (χ3n) is 2.71. The lowest BCUT2D eigenvalue weighted by molar-refractivity contribution is 0.276. The number of hydrogen-bond acceptors (Lipinski definition) is 3. The maximum Gasteiger partial charge on any atom is 0.0745 e. The van der Waals surface area contributed by atoms with Crippen LogP contribution in [0, 0.1) is 0 Å². The molecule has 0 fully saturated rings. The summed E-state index contributed by atoms with van der Waals surface area (Å²) in [6.07, 6.45) is 0. The average Bonchev–Trinajstić information content (AvgIpc) is 2.39. The van der Waals surface area contributed by atoms with Gasteiger partial charge in [-0.25, -0.2) is 0 Å². The Morgan fingerprint density at radius 1 is 1.17 bits per heavy atom. The van der Waals surface area contributed by atoms with Crippen LogP contribution in [0.5, 0.6) is 0 Å². The summed E-state index contributed by atoms with van der Waals surface area (Å²) in [4.78, 5) is 0. The molecule has 1 atom stereocenters. The Hall–Kier alpha value is -1.52. The van der Waals surface area contributed by atoms with E-state index in [2.05, 4.69) is 21.2 Å². The lowest BCUT2D eigenvalue weighted by Gasteiger charge is -2.19. The molecule has 4 heteroatoms. The summed E-state index contributed by atoms with van der Waals surface area (Å²) in [7, 11) is 0. The highest BCUT2D eigenvalue weighted by atomic mass is 79.9. The molecular formula is C14H15BrN2O. The van der Waals surface area contributed by atoms with Gasteiger partial charge in [-0.2, -0.15) is 0 Å². The zero-order valence-corrected chi connectivity index (χ0v) is 11.4. The topological polar surface area (TPSA) is 58.3 Å². The van der Waals surface area contributed by atoms with Crippen LogP contribution in [0.15, 0.2) is 53.0 Å². The number of benzene rings is 2. The van der Waals surface area contributed by atoms with Crippen molar-refractivity contribution in [3.05, 3.63) is 58.6 Å². The second-order valence-corrected chi connectivity index (χ2v) is 4.88. The average molecular weight is 307 g/mol. The largest absolute Gasteiger partial charge is 0.399 e. The monoisotopic (exact) mass is 306 g/mol. The van der Waals surface area contributed by atoms with Gasteiger partial charge in [0.25, 0.3) is 0 Å². The third-order valence-corrected chi connectivity index (χ3v) is 3.36. The number of aliphatic hydroxyl groups excluding tert-OH is 1. The van der Waals surface area contributed by atoms with Crippen LogP contribution in [-0.4, -0.2) is 11.7 Å². The summed E-state index contributed by atoms with van der Waals surface area (Å²) in [6, 6.07) is 15.3. The molecule has 0 amide bonds. The first-order valence-corrected chi connectivity index (χ1v) is 6.47. The molecule has 3 nitrogen and oxygen atoms in total. The zero-order chi connectivity index (χ0) is 13.0. The predicted molar refractivity (Wildman–Crippen MR) is 78.4 cm³/mol. The van der Waals surface area contributed by atoms with Crippen LogP contribution in [0.4, 0.5) is 11.4 Å². The van der Waals surface area contributed by atoms with Crippen molar-refractivity contribution in [3.8, 4) is 0 Å². The van der Waals surface area contributed by atoms with Crippen LogP contribution >= 0.6 is 15.9 Å². The molecule has 0 aliphatic heterocycles. The van der Waals surface area contributed by atoms with Crippen molar-refractivity contribution in [2.45, 2.75) is 6.04 Å². The predicted octanol–water partition coefficient (Wildman–Crippen LogP) is 3.18. The number of hydrogen-bond donors (Lipinski definition) is 3. The molecule has 0 bridgehead atoms. The Morgan fingerprint density at radius 3 is 2.50 bits per heavy atom. The Morgan fingerprint density at radius 2 is 1.89 bits per heavy atom. The van der Waals surface area contributed by atoms with Crippen molar-refractivity contribution in [1.29, 1.82) is 0 Å². The van der Waals surface area contributed by atoms with Gasteiger partial charge in [-0.05, 0) is 39.7 Å². The number of nitrogens with one attached hydrogen (secondary N) is 1. The number of aliphatic hydroxyl groups is 1. The number of rotatable bonds is 4. The van der Waals surface area contributed by atoms with E-state index in [-0.39, 0.29) is 12.6 Å². The molecule has 2 rings (SSSR count). The van der Waals surface area contributed by atoms with Gasteiger partial charge in [0.05, 0.1) is 12.6 Å². The van der Waals surface area contributed by atoms with Crippen molar-refractivity contribution in [3.63, 3.8) is 0 Å². The molecule has 0 spiro atoms. The molecule has 0 radical (unpaired) electrons. The molecule has 94 valence electrons. The fourth-order valence-corrected chi connectivity index (χ4v) is 2.27. The van der Waals surface area contributed by atoms with Crippen LogP contribution in [0.1, 0.15) is 11.6 Å². The Labute approximate surface area is 115 Å². The number of nitrogen functional groups attached to an aromatic ring is 1. The van der Waals surface area contributed by atoms with E-state index < -0.39 is 0 Å². The number of halogens is 1. The van der Waals surface area contributed by atoms with E-state index in [0.29, 0.717) is 5.69 Å². The van der Waals surface area contributed by atoms with Crippen molar-refractivity contribution in [1.82, 2.24) is 0 Å². The van der Waals surface area contributed by atoms with Crippen molar-refractivity contribution >= 4 is 27.3 Å². The van der Waals surface area contributed by atoms with Crippen molar-refractivity contribution in [2.24, 2.45) is 0 Å². The van der Waals surface area contributed by atoms with Crippen LogP contribution in [0.3, 0.4) is 0 Å². The highest BCUT2D eigenvalue weighted by Crippen LogP contribution is 2.28. The van der Waals surface area contributed by atoms with Crippen LogP contribution in [0.2, 0.25) is 0 Å². The lowest BCUT2D eigenvalue weighted by atomic mass is 10.1. The third kappa shape index (κ3) is 3.03. The Bertz CT molecular complexity index is 516. The van der Waals surface area contributed by atoms with Gasteiger partial charge in [-0.3, -0.25) is 0 Å². The first-order chi connectivity index (χ1) is 8.70. The smallest absolute Gasteiger partial charge is 0.0745 e. The standard InChI is InChI=1S/C14H15BrN2O/c15-12-8-11(16)6-7-13(12)17-14(9-18)10-4-2-1-3-5-10/h1-8,14,17-18H,9,16H2. The minimum absolute atomic E-state index is 0.0286. The second kappa shape index (κ2) is 5.89. The molecule has 0 heterocycles. The molecule has 0 aliphatic rings. The highest BCUT2D eigenvalue weighted by molar-refractivity contribution is 9.10. The molecular weight excluding hydrogens is 292 g/mol. The fraction of sp³-hybridized carbons (Fsp3) is 0.143. The quantitative estimate of drug-likeness (QED) is 0.760. The molecule has 18 heavy (non-hydrogen) atoms. The normalized spacial score (nSPS) is 12.1. The van der Waals surface area contributed by atoms with E-state index in [1.54, 1.807) is 0 Å². The van der Waals surface area contributed by atoms with Gasteiger partial charge in [0, 0.05) is 15.8 Å². The summed E-state index contributed by atoms with van der Waals surface area (Å²) >= 11 is 3.45. The Balaban J connectivity index is 2.21. The van der Waals surface area contributed by atoms with Crippen molar-refractivity contribution < 1.29 is 5.11 Å². The molecule has 2 aromatic carbocycles. The van der Waals surface area contributed by atoms with E-state index in [1.165, 1.54) is 0 Å². The highest BCUT2D eigenvalue weighted by Gasteiger charge is 2.11. The summed E-state index contributed by atoms with van der Waals surface area (Å²) < 4.78 is 0.886. The first kappa shape index (κ1) is 12.9. The van der Waals surface area contributed by atoms with Crippen LogP contribution in [0.25, 0.3) is 0 Å². The lowest BCUT2D eigenvalue weighted by Crippen LogP contribution is -2.15. The molecule has 0 aromatic heterocycles. The van der Waals surface area contributed by atoms with Crippen LogP contribution < -0.4 is 11.1 Å². The van der Waals surface area contributed by atoms with Gasteiger partial charge >= 0.3 is 0 Å². The maximum atomic E-state index is 9.48. The van der Waals surface area contributed by atoms with E-state index in [4.69, 9.17) is 5.73 Å². The van der Waals surface area contributed by atoms with Gasteiger partial charge in [-0.1, -0.05) is 30.3 Å². The Kier molecular flexibility index (Phi) is 4.23. The van der Waals surface area contributed by atoms with E-state index >= 15 is 0 Å². The summed E-state index contributed by atoms with van der Waals surface area (Å²) in [6.45, 7) is 0.0286. The van der Waals surface area contributed by atoms with E-state index in [0.717, 1.165) is 15.7 Å². The van der Waals surface area contributed by atoms with Gasteiger partial charge in [-0.15, -0.1) is 0 Å². The van der Waals surface area contributed by atoms with E-state index in [1.807, 2.05) is 48.5 Å². The minimum Gasteiger partial charge on any atom is -0.399 e. The summed E-state index contributed by atoms with van der Waals surface area (Å²) in [5.41, 5.74) is 8.35. The second-order valence-electron chi connectivity index (χ2n) is 4.03. The first-order valence-electron chi connectivity index (χ1n) is 5.68.